The molecule has 2 saturated heterocycles. The van der Waals surface area contributed by atoms with Gasteiger partial charge in [-0.1, -0.05) is 35.9 Å². The van der Waals surface area contributed by atoms with Crippen molar-refractivity contribution in [1.29, 1.82) is 0 Å². The van der Waals surface area contributed by atoms with E-state index in [0.717, 1.165) is 25.8 Å². The predicted octanol–water partition coefficient (Wildman–Crippen LogP) is 3.62. The summed E-state index contributed by atoms with van der Waals surface area (Å²) in [5.74, 6) is -0.579. The van der Waals surface area contributed by atoms with Crippen LogP contribution in [-0.2, 0) is 16.0 Å². The molecule has 0 spiro atoms. The van der Waals surface area contributed by atoms with Crippen molar-refractivity contribution in [3.05, 3.63) is 58.7 Å². The van der Waals surface area contributed by atoms with Gasteiger partial charge in [-0.15, -0.1) is 0 Å². The largest absolute Gasteiger partial charge is 0.293 e. The van der Waals surface area contributed by atoms with Crippen LogP contribution in [-0.4, -0.2) is 57.3 Å². The van der Waals surface area contributed by atoms with Crippen LogP contribution in [0.25, 0.3) is 0 Å². The maximum atomic E-state index is 12.9. The zero-order valence-corrected chi connectivity index (χ0v) is 18.7. The average Bonchev–Trinajstić information content (AvgIpc) is 2.74. The molecule has 2 fully saturated rings. The number of hydrogen-bond acceptors (Lipinski definition) is 4. The third-order valence-corrected chi connectivity index (χ3v) is 7.00. The lowest BCUT2D eigenvalue weighted by Crippen LogP contribution is -2.55. The van der Waals surface area contributed by atoms with Crippen LogP contribution in [0.1, 0.15) is 50.8 Å². The van der Waals surface area contributed by atoms with Crippen LogP contribution in [0.2, 0.25) is 0 Å². The van der Waals surface area contributed by atoms with Gasteiger partial charge in [0.15, 0.2) is 5.11 Å². The number of allylic oxidation sites excluding steroid dienone is 2. The van der Waals surface area contributed by atoms with Gasteiger partial charge in [0.1, 0.15) is 5.57 Å². The van der Waals surface area contributed by atoms with Gasteiger partial charge in [0.25, 0.3) is 11.8 Å². The van der Waals surface area contributed by atoms with E-state index in [1.807, 2.05) is 19.9 Å². The number of carbonyl (C=O) groups excluding carboxylic acids is 2. The van der Waals surface area contributed by atoms with Crippen molar-refractivity contribution < 1.29 is 9.59 Å². The summed E-state index contributed by atoms with van der Waals surface area (Å²) in [5, 5.41) is 0.306. The Bertz CT molecular complexity index is 924. The maximum Gasteiger partial charge on any atom is 0.265 e. The Morgan fingerprint density at radius 3 is 2.37 bits per heavy atom. The molecule has 0 bridgehead atoms. The van der Waals surface area contributed by atoms with Crippen molar-refractivity contribution in [3.63, 3.8) is 0 Å². The highest BCUT2D eigenvalue weighted by Crippen LogP contribution is 2.41. The molecule has 6 heteroatoms. The lowest BCUT2D eigenvalue weighted by atomic mass is 9.82. The number of nitrogens with zero attached hydrogens (tertiary/aromatic N) is 3. The topological polar surface area (TPSA) is 43.9 Å². The molecule has 3 aliphatic rings. The van der Waals surface area contributed by atoms with E-state index >= 15 is 0 Å². The van der Waals surface area contributed by atoms with E-state index in [2.05, 4.69) is 36.1 Å². The van der Waals surface area contributed by atoms with Crippen molar-refractivity contribution >= 4 is 29.1 Å². The van der Waals surface area contributed by atoms with Crippen LogP contribution in [0, 0.1) is 0 Å². The Hall–Kier alpha value is -2.31. The fourth-order valence-corrected chi connectivity index (χ4v) is 5.42. The van der Waals surface area contributed by atoms with Crippen LogP contribution >= 0.6 is 12.2 Å². The van der Waals surface area contributed by atoms with Crippen molar-refractivity contribution in [1.82, 2.24) is 14.7 Å². The van der Waals surface area contributed by atoms with Crippen LogP contribution in [0.4, 0.5) is 0 Å². The molecule has 2 atom stereocenters. The maximum absolute atomic E-state index is 12.9. The van der Waals surface area contributed by atoms with E-state index in [1.54, 1.807) is 6.08 Å². The molecule has 4 rings (SSSR count). The second kappa shape index (κ2) is 8.44. The average molecular weight is 424 g/mol. The zero-order valence-electron chi connectivity index (χ0n) is 17.9. The summed E-state index contributed by atoms with van der Waals surface area (Å²) in [6.45, 7) is 8.03. The summed E-state index contributed by atoms with van der Waals surface area (Å²) in [7, 11) is 0. The van der Waals surface area contributed by atoms with E-state index in [-0.39, 0.29) is 17.4 Å². The summed E-state index contributed by atoms with van der Waals surface area (Å²) in [6, 6.07) is 9.52. The molecule has 5 nitrogen and oxygen atoms in total. The van der Waals surface area contributed by atoms with E-state index < -0.39 is 0 Å². The molecule has 1 aromatic carbocycles. The summed E-state index contributed by atoms with van der Waals surface area (Å²) in [5.41, 5.74) is 4.35. The van der Waals surface area contributed by atoms with Gasteiger partial charge < -0.3 is 0 Å². The third-order valence-electron chi connectivity index (χ3n) is 6.56. The number of benzene rings is 1. The fourth-order valence-electron chi connectivity index (χ4n) is 4.99. The van der Waals surface area contributed by atoms with Gasteiger partial charge in [0.05, 0.1) is 0 Å². The van der Waals surface area contributed by atoms with Crippen LogP contribution < -0.4 is 0 Å². The lowest BCUT2D eigenvalue weighted by molar-refractivity contribution is -0.133. The first-order valence-corrected chi connectivity index (χ1v) is 11.3. The van der Waals surface area contributed by atoms with E-state index in [0.29, 0.717) is 30.3 Å². The molecule has 158 valence electrons. The molecule has 0 radical (unpaired) electrons. The smallest absolute Gasteiger partial charge is 0.265 e. The molecule has 0 aliphatic carbocycles. The SMILES string of the molecule is CCN1C(=O)C(=CC=C2CC(C)N3CCc4ccccc4C3C2)C(=O)N(CC)C1=S. The third kappa shape index (κ3) is 3.52. The van der Waals surface area contributed by atoms with Crippen LogP contribution in [0.15, 0.2) is 47.6 Å². The Morgan fingerprint density at radius 1 is 1.03 bits per heavy atom. The molecule has 2 amide bonds. The molecule has 0 saturated carbocycles. The van der Waals surface area contributed by atoms with Gasteiger partial charge >= 0.3 is 0 Å². The highest BCUT2D eigenvalue weighted by atomic mass is 32.1. The Labute approximate surface area is 184 Å². The number of fused-ring (bicyclic) bond motifs is 3. The quantitative estimate of drug-likeness (QED) is 0.423. The Kier molecular flexibility index (Phi) is 5.89. The van der Waals surface area contributed by atoms with Gasteiger partial charge in [0.2, 0.25) is 0 Å². The Balaban J connectivity index is 1.63. The van der Waals surface area contributed by atoms with Crippen LogP contribution in [0.3, 0.4) is 0 Å². The Morgan fingerprint density at radius 2 is 1.70 bits per heavy atom. The molecule has 1 aromatic rings. The molecule has 30 heavy (non-hydrogen) atoms. The lowest BCUT2D eigenvalue weighted by Gasteiger charge is -2.45. The van der Waals surface area contributed by atoms with Gasteiger partial charge in [-0.3, -0.25) is 24.3 Å². The van der Waals surface area contributed by atoms with Gasteiger partial charge in [-0.2, -0.15) is 0 Å². The minimum Gasteiger partial charge on any atom is -0.293 e. The van der Waals surface area contributed by atoms with E-state index in [4.69, 9.17) is 12.2 Å². The standard InChI is InChI=1S/C24H29N3O2S/c1-4-25-22(28)20(23(29)26(5-2)24(25)30)11-10-17-14-16(3)27-13-12-18-8-6-7-9-19(18)21(27)15-17/h6-11,16,21H,4-5,12-15H2,1-3H3. The molecular formula is C24H29N3O2S. The summed E-state index contributed by atoms with van der Waals surface area (Å²) in [4.78, 5) is 31.3. The second-order valence-electron chi connectivity index (χ2n) is 8.25. The first kappa shape index (κ1) is 20.9. The normalized spacial score (nSPS) is 26.2. The molecule has 3 heterocycles. The fraction of sp³-hybridized carbons (Fsp3) is 0.458. The van der Waals surface area contributed by atoms with Crippen molar-refractivity contribution in [2.45, 2.75) is 52.1 Å². The second-order valence-corrected chi connectivity index (χ2v) is 8.61. The summed E-state index contributed by atoms with van der Waals surface area (Å²) >= 11 is 5.34. The molecule has 3 aliphatic heterocycles. The number of carbonyl (C=O) groups is 2. The first-order valence-electron chi connectivity index (χ1n) is 10.9. The van der Waals surface area contributed by atoms with Gasteiger partial charge in [-0.25, -0.2) is 0 Å². The van der Waals surface area contributed by atoms with E-state index in [1.165, 1.54) is 26.5 Å². The van der Waals surface area contributed by atoms with Crippen molar-refractivity contribution in [3.8, 4) is 0 Å². The zero-order chi connectivity index (χ0) is 21.4. The molecular weight excluding hydrogens is 394 g/mol. The van der Waals surface area contributed by atoms with E-state index in [9.17, 15) is 9.59 Å². The number of likely N-dealkylation sites (N-methyl/N-ethyl adjacent to an activating group) is 2. The van der Waals surface area contributed by atoms with Crippen molar-refractivity contribution in [2.24, 2.45) is 0 Å². The molecule has 2 unspecified atom stereocenters. The minimum absolute atomic E-state index is 0.207. The number of thiocarbonyl (C=S) groups is 1. The molecule has 0 aromatic heterocycles. The highest BCUT2D eigenvalue weighted by molar-refractivity contribution is 7.80. The molecule has 0 N–H and O–H groups in total. The first-order chi connectivity index (χ1) is 14.5. The number of piperidine rings is 1. The monoisotopic (exact) mass is 423 g/mol. The number of amides is 2. The highest BCUT2D eigenvalue weighted by Gasteiger charge is 2.38. The van der Waals surface area contributed by atoms with Gasteiger partial charge in [0, 0.05) is 31.7 Å². The minimum atomic E-state index is -0.289. The summed E-state index contributed by atoms with van der Waals surface area (Å²) < 4.78 is 0. The predicted molar refractivity (Wildman–Crippen MR) is 122 cm³/mol. The van der Waals surface area contributed by atoms with Crippen LogP contribution in [0.5, 0.6) is 0 Å². The number of rotatable bonds is 3. The van der Waals surface area contributed by atoms with Gasteiger partial charge in [-0.05, 0) is 69.5 Å². The summed E-state index contributed by atoms with van der Waals surface area (Å²) in [6.07, 6.45) is 6.72. The number of hydrogen-bond donors (Lipinski definition) is 0. The van der Waals surface area contributed by atoms with Crippen molar-refractivity contribution in [2.75, 3.05) is 19.6 Å².